The molecule has 0 aliphatic heterocycles. The van der Waals surface area contributed by atoms with Crippen molar-refractivity contribution < 1.29 is 10.2 Å². The molecule has 0 saturated heterocycles. The van der Waals surface area contributed by atoms with Gasteiger partial charge in [0.25, 0.3) is 0 Å². The molecule has 86 valence electrons. The lowest BCUT2D eigenvalue weighted by atomic mass is 10.1. The first kappa shape index (κ1) is 14.1. The van der Waals surface area contributed by atoms with E-state index in [4.69, 9.17) is 10.2 Å². The summed E-state index contributed by atoms with van der Waals surface area (Å²) in [5.41, 5.74) is 3.47. The molecule has 2 N–H and O–H groups in total. The fraction of sp³-hybridized carbons (Fsp3) is 0.538. The maximum absolute atomic E-state index is 8.81. The lowest BCUT2D eigenvalue weighted by Crippen LogP contribution is -1.85. The third-order valence-corrected chi connectivity index (χ3v) is 2.23. The van der Waals surface area contributed by atoms with Gasteiger partial charge in [0.15, 0.2) is 0 Å². The molecular weight excluding hydrogens is 188 g/mol. The largest absolute Gasteiger partial charge is 0.392 e. The van der Waals surface area contributed by atoms with Gasteiger partial charge in [-0.15, -0.1) is 0 Å². The Bertz CT molecular complexity index is 260. The second kappa shape index (κ2) is 8.45. The van der Waals surface area contributed by atoms with E-state index in [1.807, 2.05) is 26.0 Å². The highest BCUT2D eigenvalue weighted by molar-refractivity contribution is 5.13. The molecule has 0 spiro atoms. The number of aliphatic hydroxyl groups is 2. The standard InChI is InChI=1S/C13H22O2/c1-11(6-7-13(3)10-15)4-5-12(2)8-9-14/h4,7-8,14-15H,5-6,9-10H2,1-3H3/b11-4+,12-8+,13-7+. The van der Waals surface area contributed by atoms with Crippen molar-refractivity contribution in [3.05, 3.63) is 34.9 Å². The highest BCUT2D eigenvalue weighted by Gasteiger charge is 1.90. The summed E-state index contributed by atoms with van der Waals surface area (Å²) in [6.07, 6.45) is 7.79. The Labute approximate surface area is 92.6 Å². The summed E-state index contributed by atoms with van der Waals surface area (Å²) in [6.45, 7) is 6.26. The molecule has 0 aromatic heterocycles. The van der Waals surface area contributed by atoms with Gasteiger partial charge in [-0.3, -0.25) is 0 Å². The molecule has 0 bridgehead atoms. The highest BCUT2D eigenvalue weighted by Crippen LogP contribution is 2.08. The Morgan fingerprint density at radius 3 is 1.73 bits per heavy atom. The molecule has 15 heavy (non-hydrogen) atoms. The van der Waals surface area contributed by atoms with E-state index in [0.29, 0.717) is 0 Å². The number of allylic oxidation sites excluding steroid dienone is 4. The van der Waals surface area contributed by atoms with Crippen molar-refractivity contribution in [2.24, 2.45) is 0 Å². The number of hydrogen-bond donors (Lipinski definition) is 2. The minimum absolute atomic E-state index is 0.113. The number of hydrogen-bond acceptors (Lipinski definition) is 2. The van der Waals surface area contributed by atoms with Crippen molar-refractivity contribution in [2.45, 2.75) is 33.6 Å². The van der Waals surface area contributed by atoms with Crippen LogP contribution in [-0.2, 0) is 0 Å². The third kappa shape index (κ3) is 8.16. The molecule has 0 atom stereocenters. The normalized spacial score (nSPS) is 14.6. The molecule has 0 rings (SSSR count). The van der Waals surface area contributed by atoms with Gasteiger partial charge in [0.2, 0.25) is 0 Å². The van der Waals surface area contributed by atoms with Crippen molar-refractivity contribution in [3.63, 3.8) is 0 Å². The maximum Gasteiger partial charge on any atom is 0.0639 e. The Balaban J connectivity index is 4.05. The van der Waals surface area contributed by atoms with Gasteiger partial charge < -0.3 is 10.2 Å². The molecule has 0 radical (unpaired) electrons. The van der Waals surface area contributed by atoms with Crippen molar-refractivity contribution >= 4 is 0 Å². The molecule has 2 heteroatoms. The minimum atomic E-state index is 0.113. The summed E-state index contributed by atoms with van der Waals surface area (Å²) >= 11 is 0. The second-order valence-corrected chi connectivity index (χ2v) is 3.90. The van der Waals surface area contributed by atoms with Crippen LogP contribution in [0.5, 0.6) is 0 Å². The smallest absolute Gasteiger partial charge is 0.0639 e. The van der Waals surface area contributed by atoms with Gasteiger partial charge in [0, 0.05) is 0 Å². The molecule has 0 aromatic carbocycles. The Morgan fingerprint density at radius 1 is 0.800 bits per heavy atom. The van der Waals surface area contributed by atoms with Crippen LogP contribution >= 0.6 is 0 Å². The van der Waals surface area contributed by atoms with Crippen LogP contribution in [-0.4, -0.2) is 23.4 Å². The molecular formula is C13H22O2. The molecule has 2 nitrogen and oxygen atoms in total. The van der Waals surface area contributed by atoms with Gasteiger partial charge in [-0.2, -0.15) is 0 Å². The lowest BCUT2D eigenvalue weighted by molar-refractivity contribution is 0.331. The van der Waals surface area contributed by atoms with E-state index in [9.17, 15) is 0 Å². The van der Waals surface area contributed by atoms with Crippen LogP contribution in [0, 0.1) is 0 Å². The van der Waals surface area contributed by atoms with Crippen molar-refractivity contribution in [1.29, 1.82) is 0 Å². The highest BCUT2D eigenvalue weighted by atomic mass is 16.3. The SMILES string of the molecule is C/C(=C\C/C(C)=C/C/C(C)=C/CO)CO. The summed E-state index contributed by atoms with van der Waals surface area (Å²) in [6, 6.07) is 0. The van der Waals surface area contributed by atoms with Crippen molar-refractivity contribution in [2.75, 3.05) is 13.2 Å². The third-order valence-electron chi connectivity index (χ3n) is 2.23. The van der Waals surface area contributed by atoms with E-state index in [1.54, 1.807) is 0 Å². The van der Waals surface area contributed by atoms with Gasteiger partial charge in [-0.1, -0.05) is 34.9 Å². The van der Waals surface area contributed by atoms with Crippen LogP contribution in [0.1, 0.15) is 33.6 Å². The summed E-state index contributed by atoms with van der Waals surface area (Å²) in [4.78, 5) is 0. The van der Waals surface area contributed by atoms with E-state index in [0.717, 1.165) is 18.4 Å². The fourth-order valence-electron chi connectivity index (χ4n) is 1.06. The van der Waals surface area contributed by atoms with Gasteiger partial charge in [0.05, 0.1) is 13.2 Å². The van der Waals surface area contributed by atoms with E-state index in [1.165, 1.54) is 11.1 Å². The summed E-state index contributed by atoms with van der Waals surface area (Å²) < 4.78 is 0. The monoisotopic (exact) mass is 210 g/mol. The van der Waals surface area contributed by atoms with E-state index >= 15 is 0 Å². The first-order valence-corrected chi connectivity index (χ1v) is 5.28. The molecule has 0 aromatic rings. The summed E-state index contributed by atoms with van der Waals surface area (Å²) in [7, 11) is 0. The van der Waals surface area contributed by atoms with E-state index in [2.05, 4.69) is 13.0 Å². The zero-order chi connectivity index (χ0) is 11.7. The predicted molar refractivity (Wildman–Crippen MR) is 64.7 cm³/mol. The average molecular weight is 210 g/mol. The van der Waals surface area contributed by atoms with Crippen LogP contribution in [0.2, 0.25) is 0 Å². The average Bonchev–Trinajstić information content (AvgIpc) is 2.23. The minimum Gasteiger partial charge on any atom is -0.392 e. The number of rotatable bonds is 6. The van der Waals surface area contributed by atoms with Gasteiger partial charge in [0.1, 0.15) is 0 Å². The van der Waals surface area contributed by atoms with Crippen molar-refractivity contribution in [3.8, 4) is 0 Å². The molecule has 0 amide bonds. The van der Waals surface area contributed by atoms with Crippen LogP contribution in [0.15, 0.2) is 34.9 Å². The maximum atomic E-state index is 8.81. The molecule has 0 aliphatic rings. The van der Waals surface area contributed by atoms with Gasteiger partial charge >= 0.3 is 0 Å². The quantitative estimate of drug-likeness (QED) is 0.661. The second-order valence-electron chi connectivity index (χ2n) is 3.90. The molecule has 0 fully saturated rings. The molecule has 0 saturated carbocycles. The molecule has 0 heterocycles. The van der Waals surface area contributed by atoms with Crippen LogP contribution < -0.4 is 0 Å². The van der Waals surface area contributed by atoms with E-state index < -0.39 is 0 Å². The van der Waals surface area contributed by atoms with Crippen LogP contribution in [0.25, 0.3) is 0 Å². The zero-order valence-electron chi connectivity index (χ0n) is 9.95. The lowest BCUT2D eigenvalue weighted by Gasteiger charge is -1.99. The first-order chi connectivity index (χ1) is 7.10. The van der Waals surface area contributed by atoms with E-state index in [-0.39, 0.29) is 13.2 Å². The van der Waals surface area contributed by atoms with Crippen LogP contribution in [0.3, 0.4) is 0 Å². The predicted octanol–water partition coefficient (Wildman–Crippen LogP) is 2.59. The van der Waals surface area contributed by atoms with Gasteiger partial charge in [-0.05, 0) is 33.6 Å². The Kier molecular flexibility index (Phi) is 7.96. The van der Waals surface area contributed by atoms with Crippen molar-refractivity contribution in [1.82, 2.24) is 0 Å². The number of aliphatic hydroxyl groups excluding tert-OH is 2. The van der Waals surface area contributed by atoms with Gasteiger partial charge in [-0.25, -0.2) is 0 Å². The fourth-order valence-corrected chi connectivity index (χ4v) is 1.06. The Morgan fingerprint density at radius 2 is 1.27 bits per heavy atom. The summed E-state index contributed by atoms with van der Waals surface area (Å²) in [5, 5.41) is 17.5. The summed E-state index contributed by atoms with van der Waals surface area (Å²) in [5.74, 6) is 0. The zero-order valence-corrected chi connectivity index (χ0v) is 9.95. The molecule has 0 unspecified atom stereocenters. The first-order valence-electron chi connectivity index (χ1n) is 5.28. The van der Waals surface area contributed by atoms with Crippen LogP contribution in [0.4, 0.5) is 0 Å². The Hall–Kier alpha value is -0.860. The topological polar surface area (TPSA) is 40.5 Å². The molecule has 0 aliphatic carbocycles.